The van der Waals surface area contributed by atoms with E-state index in [2.05, 4.69) is 17.1 Å². The van der Waals surface area contributed by atoms with Gasteiger partial charge in [0.2, 0.25) is 0 Å². The lowest BCUT2D eigenvalue weighted by atomic mass is 10.1. The summed E-state index contributed by atoms with van der Waals surface area (Å²) >= 11 is 0. The highest BCUT2D eigenvalue weighted by atomic mass is 16.5. The molecule has 0 radical (unpaired) electrons. The molecule has 0 amide bonds. The standard InChI is InChI=1S/C15H28N2O3/c1-3-13-11-17(9-10-20-13)8-7-14(15(18)19-4-2)16-12-5-6-12/h12-14,16H,3-11H2,1-2H3. The maximum Gasteiger partial charge on any atom is 0.323 e. The Bertz CT molecular complexity index is 307. The van der Waals surface area contributed by atoms with E-state index < -0.39 is 0 Å². The van der Waals surface area contributed by atoms with E-state index in [-0.39, 0.29) is 12.0 Å². The Hall–Kier alpha value is -0.650. The molecule has 2 atom stereocenters. The van der Waals surface area contributed by atoms with Crippen LogP contribution in [0.5, 0.6) is 0 Å². The molecule has 1 heterocycles. The highest BCUT2D eigenvalue weighted by molar-refractivity contribution is 5.75. The first-order chi connectivity index (χ1) is 9.72. The van der Waals surface area contributed by atoms with Gasteiger partial charge in [0.05, 0.1) is 19.3 Å². The average Bonchev–Trinajstić information content (AvgIpc) is 3.28. The van der Waals surface area contributed by atoms with Crippen LogP contribution >= 0.6 is 0 Å². The van der Waals surface area contributed by atoms with Crippen LogP contribution in [0.4, 0.5) is 0 Å². The predicted octanol–water partition coefficient (Wildman–Crippen LogP) is 1.17. The Morgan fingerprint density at radius 3 is 2.90 bits per heavy atom. The number of carbonyl (C=O) groups excluding carboxylic acids is 1. The Balaban J connectivity index is 1.76. The topological polar surface area (TPSA) is 50.8 Å². The maximum absolute atomic E-state index is 12.0. The first-order valence-corrected chi connectivity index (χ1v) is 7.99. The van der Waals surface area contributed by atoms with Crippen molar-refractivity contribution in [3.05, 3.63) is 0 Å². The summed E-state index contributed by atoms with van der Waals surface area (Å²) in [5.41, 5.74) is 0. The number of hydrogen-bond donors (Lipinski definition) is 1. The molecule has 2 rings (SSSR count). The summed E-state index contributed by atoms with van der Waals surface area (Å²) in [4.78, 5) is 14.4. The summed E-state index contributed by atoms with van der Waals surface area (Å²) in [5.74, 6) is -0.0975. The van der Waals surface area contributed by atoms with Gasteiger partial charge in [0, 0.05) is 25.7 Å². The first-order valence-electron chi connectivity index (χ1n) is 7.99. The second-order valence-electron chi connectivity index (χ2n) is 5.74. The third-order valence-corrected chi connectivity index (χ3v) is 4.00. The van der Waals surface area contributed by atoms with E-state index in [1.165, 1.54) is 12.8 Å². The molecule has 5 heteroatoms. The normalized spacial score (nSPS) is 25.4. The van der Waals surface area contributed by atoms with Crippen LogP contribution in [0.15, 0.2) is 0 Å². The van der Waals surface area contributed by atoms with Crippen molar-refractivity contribution >= 4 is 5.97 Å². The minimum Gasteiger partial charge on any atom is -0.465 e. The van der Waals surface area contributed by atoms with Crippen molar-refractivity contribution in [1.82, 2.24) is 10.2 Å². The number of morpholine rings is 1. The molecule has 0 aromatic carbocycles. The lowest BCUT2D eigenvalue weighted by Gasteiger charge is -2.33. The number of nitrogens with zero attached hydrogens (tertiary/aromatic N) is 1. The molecule has 1 saturated heterocycles. The van der Waals surface area contributed by atoms with Crippen LogP contribution < -0.4 is 5.32 Å². The molecule has 1 N–H and O–H groups in total. The zero-order chi connectivity index (χ0) is 14.4. The summed E-state index contributed by atoms with van der Waals surface area (Å²) in [7, 11) is 0. The van der Waals surface area contributed by atoms with Crippen LogP contribution in [0.2, 0.25) is 0 Å². The minimum absolute atomic E-state index is 0.0975. The Labute approximate surface area is 122 Å². The van der Waals surface area contributed by atoms with E-state index in [1.54, 1.807) is 0 Å². The number of rotatable bonds is 8. The monoisotopic (exact) mass is 284 g/mol. The second-order valence-corrected chi connectivity index (χ2v) is 5.74. The SMILES string of the molecule is CCOC(=O)C(CCN1CCOC(CC)C1)NC1CC1. The van der Waals surface area contributed by atoms with Crippen molar-refractivity contribution in [2.75, 3.05) is 32.8 Å². The molecule has 2 aliphatic rings. The number of hydrogen-bond acceptors (Lipinski definition) is 5. The molecule has 1 saturated carbocycles. The van der Waals surface area contributed by atoms with Crippen LogP contribution in [-0.4, -0.2) is 61.9 Å². The molecule has 0 aromatic rings. The largest absolute Gasteiger partial charge is 0.465 e. The van der Waals surface area contributed by atoms with Crippen molar-refractivity contribution in [1.29, 1.82) is 0 Å². The van der Waals surface area contributed by atoms with Crippen LogP contribution in [0.1, 0.15) is 39.5 Å². The fourth-order valence-corrected chi connectivity index (χ4v) is 2.59. The van der Waals surface area contributed by atoms with Gasteiger partial charge in [-0.1, -0.05) is 6.92 Å². The van der Waals surface area contributed by atoms with Crippen LogP contribution in [0.25, 0.3) is 0 Å². The third-order valence-electron chi connectivity index (χ3n) is 4.00. The van der Waals surface area contributed by atoms with Crippen molar-refractivity contribution < 1.29 is 14.3 Å². The van der Waals surface area contributed by atoms with Gasteiger partial charge in [-0.3, -0.25) is 9.69 Å². The van der Waals surface area contributed by atoms with Gasteiger partial charge in [-0.05, 0) is 32.6 Å². The van der Waals surface area contributed by atoms with Crippen LogP contribution in [-0.2, 0) is 14.3 Å². The Morgan fingerprint density at radius 1 is 1.45 bits per heavy atom. The fourth-order valence-electron chi connectivity index (χ4n) is 2.59. The van der Waals surface area contributed by atoms with E-state index in [9.17, 15) is 4.79 Å². The Kier molecular flexibility index (Phi) is 6.26. The summed E-state index contributed by atoms with van der Waals surface area (Å²) in [6, 6.07) is 0.378. The zero-order valence-corrected chi connectivity index (χ0v) is 12.8. The van der Waals surface area contributed by atoms with Gasteiger partial charge < -0.3 is 14.8 Å². The van der Waals surface area contributed by atoms with Gasteiger partial charge >= 0.3 is 5.97 Å². The van der Waals surface area contributed by atoms with Crippen molar-refractivity contribution in [2.45, 2.75) is 57.7 Å². The van der Waals surface area contributed by atoms with Crippen LogP contribution in [0, 0.1) is 0 Å². The van der Waals surface area contributed by atoms with E-state index in [1.807, 2.05) is 6.92 Å². The smallest absolute Gasteiger partial charge is 0.323 e. The third kappa shape index (κ3) is 5.04. The van der Waals surface area contributed by atoms with Crippen molar-refractivity contribution in [2.24, 2.45) is 0 Å². The number of carbonyl (C=O) groups is 1. The minimum atomic E-state index is -0.148. The first kappa shape index (κ1) is 15.7. The van der Waals surface area contributed by atoms with Gasteiger partial charge in [0.25, 0.3) is 0 Å². The quantitative estimate of drug-likeness (QED) is 0.678. The van der Waals surface area contributed by atoms with Gasteiger partial charge in [-0.25, -0.2) is 0 Å². The van der Waals surface area contributed by atoms with E-state index in [0.29, 0.717) is 18.8 Å². The lowest BCUT2D eigenvalue weighted by molar-refractivity contribution is -0.146. The molecule has 0 aromatic heterocycles. The van der Waals surface area contributed by atoms with E-state index in [0.717, 1.165) is 39.1 Å². The van der Waals surface area contributed by atoms with Gasteiger partial charge in [-0.15, -0.1) is 0 Å². The molecule has 20 heavy (non-hydrogen) atoms. The lowest BCUT2D eigenvalue weighted by Crippen LogP contribution is -2.46. The van der Waals surface area contributed by atoms with Crippen molar-refractivity contribution in [3.63, 3.8) is 0 Å². The number of ether oxygens (including phenoxy) is 2. The van der Waals surface area contributed by atoms with Gasteiger partial charge in [0.15, 0.2) is 0 Å². The maximum atomic E-state index is 12.0. The van der Waals surface area contributed by atoms with Gasteiger partial charge in [0.1, 0.15) is 6.04 Å². The molecule has 2 fully saturated rings. The fraction of sp³-hybridized carbons (Fsp3) is 0.933. The molecule has 0 bridgehead atoms. The van der Waals surface area contributed by atoms with Crippen molar-refractivity contribution in [3.8, 4) is 0 Å². The number of esters is 1. The molecular formula is C15H28N2O3. The van der Waals surface area contributed by atoms with Crippen LogP contribution in [0.3, 0.4) is 0 Å². The highest BCUT2D eigenvalue weighted by Crippen LogP contribution is 2.20. The molecule has 2 unspecified atom stereocenters. The summed E-state index contributed by atoms with van der Waals surface area (Å²) < 4.78 is 10.8. The molecule has 0 spiro atoms. The van der Waals surface area contributed by atoms with E-state index in [4.69, 9.17) is 9.47 Å². The Morgan fingerprint density at radius 2 is 2.25 bits per heavy atom. The molecule has 116 valence electrons. The summed E-state index contributed by atoms with van der Waals surface area (Å²) in [6.07, 6.45) is 4.60. The highest BCUT2D eigenvalue weighted by Gasteiger charge is 2.30. The van der Waals surface area contributed by atoms with Gasteiger partial charge in [-0.2, -0.15) is 0 Å². The van der Waals surface area contributed by atoms with E-state index >= 15 is 0 Å². The summed E-state index contributed by atoms with van der Waals surface area (Å²) in [5, 5.41) is 3.41. The molecule has 5 nitrogen and oxygen atoms in total. The summed E-state index contributed by atoms with van der Waals surface area (Å²) in [6.45, 7) is 8.16. The average molecular weight is 284 g/mol. The zero-order valence-electron chi connectivity index (χ0n) is 12.8. The predicted molar refractivity (Wildman–Crippen MR) is 77.7 cm³/mol. The molecular weight excluding hydrogens is 256 g/mol. The second kappa shape index (κ2) is 7.96. The molecule has 1 aliphatic heterocycles. The number of nitrogens with one attached hydrogen (secondary N) is 1. The molecule has 1 aliphatic carbocycles.